The summed E-state index contributed by atoms with van der Waals surface area (Å²) in [6.07, 6.45) is 7.05. The van der Waals surface area contributed by atoms with Gasteiger partial charge in [-0.2, -0.15) is 5.10 Å². The van der Waals surface area contributed by atoms with E-state index in [1.807, 2.05) is 30.3 Å². The largest absolute Gasteiger partial charge is 0.354 e. The molecule has 0 bridgehead atoms. The molecule has 1 aliphatic rings. The number of hydrogen-bond acceptors (Lipinski definition) is 4. The Labute approximate surface area is 182 Å². The highest BCUT2D eigenvalue weighted by Crippen LogP contribution is 2.34. The van der Waals surface area contributed by atoms with E-state index >= 15 is 0 Å². The fourth-order valence-corrected chi connectivity index (χ4v) is 3.89. The molecule has 0 atom stereocenters. The van der Waals surface area contributed by atoms with Crippen LogP contribution in [0.3, 0.4) is 0 Å². The number of benzene rings is 1. The van der Waals surface area contributed by atoms with Crippen LogP contribution in [0.15, 0.2) is 55.0 Å². The molecule has 0 saturated heterocycles. The highest BCUT2D eigenvalue weighted by Gasteiger charge is 2.29. The lowest BCUT2D eigenvalue weighted by molar-refractivity contribution is -0.117. The predicted molar refractivity (Wildman–Crippen MR) is 122 cm³/mol. The summed E-state index contributed by atoms with van der Waals surface area (Å²) in [5, 5.41) is 12.1. The number of nitrogens with zero attached hydrogens (tertiary/aromatic N) is 4. The fourth-order valence-electron chi connectivity index (χ4n) is 3.89. The van der Waals surface area contributed by atoms with Gasteiger partial charge in [0, 0.05) is 45.7 Å². The van der Waals surface area contributed by atoms with Gasteiger partial charge in [-0.1, -0.05) is 12.1 Å². The van der Waals surface area contributed by atoms with E-state index in [0.717, 1.165) is 51.6 Å². The van der Waals surface area contributed by atoms with Crippen molar-refractivity contribution < 1.29 is 4.79 Å². The van der Waals surface area contributed by atoms with E-state index in [-0.39, 0.29) is 11.8 Å². The van der Waals surface area contributed by atoms with Gasteiger partial charge < -0.3 is 10.3 Å². The van der Waals surface area contributed by atoms with Gasteiger partial charge in [0.2, 0.25) is 5.91 Å². The third-order valence-corrected chi connectivity index (χ3v) is 5.73. The molecule has 0 spiro atoms. The Morgan fingerprint density at radius 3 is 2.81 bits per heavy atom. The Morgan fingerprint density at radius 2 is 1.97 bits per heavy atom. The molecule has 3 N–H and O–H groups in total. The molecule has 0 radical (unpaired) electrons. The lowest BCUT2D eigenvalue weighted by atomic mass is 10.1. The summed E-state index contributed by atoms with van der Waals surface area (Å²) in [4.78, 5) is 27.9. The number of nitrogens with one attached hydrogen (secondary N) is 3. The average molecular weight is 419 g/mol. The zero-order valence-corrected chi connectivity index (χ0v) is 16.9. The van der Waals surface area contributed by atoms with E-state index in [4.69, 9.17) is 6.57 Å². The molecule has 1 fully saturated rings. The van der Waals surface area contributed by atoms with Gasteiger partial charge in [-0.25, -0.2) is 9.83 Å². The summed E-state index contributed by atoms with van der Waals surface area (Å²) in [7, 11) is 0. The Bertz CT molecular complexity index is 1550. The van der Waals surface area contributed by atoms with Gasteiger partial charge in [-0.15, -0.1) is 0 Å². The van der Waals surface area contributed by atoms with Gasteiger partial charge in [-0.3, -0.25) is 14.9 Å². The molecule has 0 aliphatic heterocycles. The first kappa shape index (κ1) is 18.3. The van der Waals surface area contributed by atoms with Crippen LogP contribution in [-0.2, 0) is 4.79 Å². The van der Waals surface area contributed by atoms with E-state index in [9.17, 15) is 4.79 Å². The maximum atomic E-state index is 12.1. The second-order valence-corrected chi connectivity index (χ2v) is 7.95. The van der Waals surface area contributed by atoms with Crippen molar-refractivity contribution >= 4 is 39.2 Å². The number of amides is 1. The van der Waals surface area contributed by atoms with Crippen molar-refractivity contribution in [1.29, 1.82) is 0 Å². The summed E-state index contributed by atoms with van der Waals surface area (Å²) in [6, 6.07) is 11.5. The molecule has 8 heteroatoms. The number of fused-ring (bicyclic) bond motifs is 2. The van der Waals surface area contributed by atoms with Crippen molar-refractivity contribution in [1.82, 2.24) is 25.1 Å². The minimum Gasteiger partial charge on any atom is -0.354 e. The molecule has 4 aromatic heterocycles. The molecule has 5 aromatic rings. The molecule has 1 aliphatic carbocycles. The minimum atomic E-state index is 0.0484. The summed E-state index contributed by atoms with van der Waals surface area (Å²) < 4.78 is 0. The quantitative estimate of drug-likeness (QED) is 0.354. The van der Waals surface area contributed by atoms with Crippen molar-refractivity contribution in [2.24, 2.45) is 5.92 Å². The molecular formula is C24H17N7O. The topological polar surface area (TPSA) is 104 Å². The van der Waals surface area contributed by atoms with Gasteiger partial charge >= 0.3 is 0 Å². The third kappa shape index (κ3) is 3.08. The molecule has 32 heavy (non-hydrogen) atoms. The Hall–Kier alpha value is -4.51. The van der Waals surface area contributed by atoms with Crippen LogP contribution < -0.4 is 5.32 Å². The third-order valence-electron chi connectivity index (χ3n) is 5.73. The van der Waals surface area contributed by atoms with Gasteiger partial charge in [0.25, 0.3) is 0 Å². The molecule has 8 nitrogen and oxygen atoms in total. The number of aromatic amines is 2. The normalized spacial score (nSPS) is 13.3. The van der Waals surface area contributed by atoms with E-state index < -0.39 is 0 Å². The number of carbonyl (C=O) groups is 1. The molecule has 0 unspecified atom stereocenters. The predicted octanol–water partition coefficient (Wildman–Crippen LogP) is 5.07. The highest BCUT2D eigenvalue weighted by molar-refractivity contribution is 6.00. The number of hydrogen-bond donors (Lipinski definition) is 3. The van der Waals surface area contributed by atoms with Crippen LogP contribution in [0.2, 0.25) is 0 Å². The first-order valence-corrected chi connectivity index (χ1v) is 10.3. The zero-order valence-electron chi connectivity index (χ0n) is 16.9. The van der Waals surface area contributed by atoms with Crippen molar-refractivity contribution in [3.63, 3.8) is 0 Å². The summed E-state index contributed by atoms with van der Waals surface area (Å²) >= 11 is 0. The number of aromatic nitrogens is 5. The Kier molecular flexibility index (Phi) is 4.01. The summed E-state index contributed by atoms with van der Waals surface area (Å²) in [5.41, 5.74) is 6.12. The lowest BCUT2D eigenvalue weighted by Crippen LogP contribution is -2.13. The smallest absolute Gasteiger partial charge is 0.227 e. The van der Waals surface area contributed by atoms with Crippen LogP contribution in [0.4, 0.5) is 11.4 Å². The highest BCUT2D eigenvalue weighted by atomic mass is 16.2. The van der Waals surface area contributed by atoms with E-state index in [1.54, 1.807) is 24.7 Å². The molecule has 154 valence electrons. The number of pyridine rings is 2. The maximum Gasteiger partial charge on any atom is 0.227 e. The fraction of sp³-hybridized carbons (Fsp3) is 0.125. The number of rotatable bonds is 4. The molecular weight excluding hydrogens is 402 g/mol. The Balaban J connectivity index is 1.41. The van der Waals surface area contributed by atoms with Crippen LogP contribution in [0.1, 0.15) is 12.8 Å². The number of anilines is 1. The van der Waals surface area contributed by atoms with Crippen molar-refractivity contribution in [3.05, 3.63) is 66.4 Å². The lowest BCUT2D eigenvalue weighted by Gasteiger charge is -2.07. The molecule has 4 heterocycles. The van der Waals surface area contributed by atoms with Crippen LogP contribution in [-0.4, -0.2) is 31.1 Å². The van der Waals surface area contributed by atoms with E-state index in [0.29, 0.717) is 17.0 Å². The molecule has 1 aromatic carbocycles. The van der Waals surface area contributed by atoms with Crippen LogP contribution in [0.25, 0.3) is 49.3 Å². The second-order valence-electron chi connectivity index (χ2n) is 7.95. The Morgan fingerprint density at radius 1 is 1.09 bits per heavy atom. The summed E-state index contributed by atoms with van der Waals surface area (Å²) in [5.74, 6) is 0.178. The first-order valence-electron chi connectivity index (χ1n) is 10.3. The van der Waals surface area contributed by atoms with E-state index in [2.05, 4.69) is 35.3 Å². The van der Waals surface area contributed by atoms with Crippen LogP contribution >= 0.6 is 0 Å². The SMILES string of the molecule is [C-]#[N+]c1cccc2[nH]c(-c3[nH]nc4ncc(-c5cncc(NC(=O)C6CC6)c5)cc34)cc12. The minimum absolute atomic E-state index is 0.0484. The average Bonchev–Trinajstić information content (AvgIpc) is 3.45. The van der Waals surface area contributed by atoms with Crippen molar-refractivity contribution in [3.8, 4) is 22.5 Å². The molecule has 6 rings (SSSR count). The van der Waals surface area contributed by atoms with Gasteiger partial charge in [0.05, 0.1) is 29.8 Å². The van der Waals surface area contributed by atoms with Gasteiger partial charge in [0.1, 0.15) is 0 Å². The monoisotopic (exact) mass is 419 g/mol. The second kappa shape index (κ2) is 7.03. The summed E-state index contributed by atoms with van der Waals surface area (Å²) in [6.45, 7) is 7.40. The molecule has 1 saturated carbocycles. The van der Waals surface area contributed by atoms with Crippen molar-refractivity contribution in [2.75, 3.05) is 5.32 Å². The zero-order chi connectivity index (χ0) is 21.7. The number of carbonyl (C=O) groups excluding carboxylic acids is 1. The van der Waals surface area contributed by atoms with Crippen molar-refractivity contribution in [2.45, 2.75) is 12.8 Å². The maximum absolute atomic E-state index is 12.1. The number of H-pyrrole nitrogens is 2. The van der Waals surface area contributed by atoms with Gasteiger partial charge in [0.15, 0.2) is 11.3 Å². The van der Waals surface area contributed by atoms with Crippen LogP contribution in [0, 0.1) is 12.5 Å². The molecule has 1 amide bonds. The van der Waals surface area contributed by atoms with Crippen LogP contribution in [0.5, 0.6) is 0 Å². The first-order chi connectivity index (χ1) is 15.7. The van der Waals surface area contributed by atoms with E-state index in [1.165, 1.54) is 0 Å². The standard InChI is InChI=1S/C24H17N7O/c1-25-19-3-2-4-20-17(19)9-21(29-20)22-18-8-15(11-27-23(18)31-30-22)14-7-16(12-26-10-14)28-24(32)13-5-6-13/h2-4,7-13,29H,5-6H2,(H,28,32)(H,27,30,31). The van der Waals surface area contributed by atoms with Gasteiger partial charge in [-0.05, 0) is 37.1 Å².